The molecule has 0 unspecified atom stereocenters. The Bertz CT molecular complexity index is 1310. The lowest BCUT2D eigenvalue weighted by molar-refractivity contribution is -0.142. The van der Waals surface area contributed by atoms with E-state index in [1.807, 2.05) is 0 Å². The Kier molecular flexibility index (Phi) is 6.06. The molecule has 180 valence electrons. The monoisotopic (exact) mass is 495 g/mol. The molecule has 3 N–H and O–H groups in total. The molecule has 1 aliphatic carbocycles. The van der Waals surface area contributed by atoms with Crippen molar-refractivity contribution in [2.45, 2.75) is 45.2 Å². The summed E-state index contributed by atoms with van der Waals surface area (Å²) in [6.07, 6.45) is -2.66. The first kappa shape index (κ1) is 23.7. The number of nitrogens with one attached hydrogen (secondary N) is 1. The van der Waals surface area contributed by atoms with Crippen LogP contribution in [0.25, 0.3) is 5.65 Å². The molecular weight excluding hydrogens is 475 g/mol. The number of carbonyl (C=O) groups excluding carboxylic acids is 3. The van der Waals surface area contributed by atoms with Gasteiger partial charge in [-0.1, -0.05) is 6.92 Å². The summed E-state index contributed by atoms with van der Waals surface area (Å²) in [4.78, 5) is 41.5. The van der Waals surface area contributed by atoms with Gasteiger partial charge in [0, 0.05) is 17.7 Å². The quantitative estimate of drug-likeness (QED) is 0.478. The van der Waals surface area contributed by atoms with Gasteiger partial charge < -0.3 is 15.8 Å². The highest BCUT2D eigenvalue weighted by Crippen LogP contribution is 2.41. The van der Waals surface area contributed by atoms with Crippen molar-refractivity contribution in [3.63, 3.8) is 0 Å². The van der Waals surface area contributed by atoms with Crippen LogP contribution in [0.1, 0.15) is 79.6 Å². The SMILES string of the molecule is CCCOC(=O)c1c(NC(=O)c2cc3nc(C4CC4)cc(C(F)(F)F)n3n2)sc(C(N)=O)c1C. The van der Waals surface area contributed by atoms with E-state index < -0.39 is 29.7 Å². The van der Waals surface area contributed by atoms with E-state index in [0.29, 0.717) is 16.6 Å². The van der Waals surface area contributed by atoms with Crippen molar-refractivity contribution in [3.05, 3.63) is 45.2 Å². The van der Waals surface area contributed by atoms with Gasteiger partial charge in [-0.15, -0.1) is 11.3 Å². The Hall–Kier alpha value is -3.48. The number of hydrogen-bond acceptors (Lipinski definition) is 7. The predicted octanol–water partition coefficient (Wildman–Crippen LogP) is 3.91. The number of anilines is 1. The molecule has 0 aromatic carbocycles. The summed E-state index contributed by atoms with van der Waals surface area (Å²) >= 11 is 0.770. The molecule has 0 atom stereocenters. The fourth-order valence-electron chi connectivity index (χ4n) is 3.41. The van der Waals surface area contributed by atoms with Crippen LogP contribution in [-0.4, -0.2) is 39.0 Å². The topological polar surface area (TPSA) is 129 Å². The van der Waals surface area contributed by atoms with Crippen molar-refractivity contribution in [2.75, 3.05) is 11.9 Å². The Morgan fingerprint density at radius 3 is 2.59 bits per heavy atom. The number of primary amides is 1. The van der Waals surface area contributed by atoms with Crippen LogP contribution >= 0.6 is 11.3 Å². The second-order valence-corrected chi connectivity index (χ2v) is 8.87. The molecule has 9 nitrogen and oxygen atoms in total. The average Bonchev–Trinajstić information content (AvgIpc) is 3.43. The highest BCUT2D eigenvalue weighted by molar-refractivity contribution is 7.18. The van der Waals surface area contributed by atoms with Crippen LogP contribution in [0.4, 0.5) is 18.2 Å². The maximum Gasteiger partial charge on any atom is 0.433 e. The van der Waals surface area contributed by atoms with E-state index in [9.17, 15) is 27.6 Å². The Labute approximate surface area is 195 Å². The first-order valence-corrected chi connectivity index (χ1v) is 11.2. The Balaban J connectivity index is 1.72. The molecule has 1 saturated carbocycles. The first-order valence-electron chi connectivity index (χ1n) is 10.4. The fraction of sp³-hybridized carbons (Fsp3) is 0.381. The Morgan fingerprint density at radius 2 is 2.00 bits per heavy atom. The van der Waals surface area contributed by atoms with Gasteiger partial charge in [0.1, 0.15) is 10.7 Å². The third kappa shape index (κ3) is 4.47. The molecule has 1 aliphatic rings. The number of esters is 1. The number of halogens is 3. The van der Waals surface area contributed by atoms with Crippen LogP contribution in [0.2, 0.25) is 0 Å². The summed E-state index contributed by atoms with van der Waals surface area (Å²) in [5.74, 6) is -2.49. The van der Waals surface area contributed by atoms with Crippen molar-refractivity contribution in [1.82, 2.24) is 14.6 Å². The number of nitrogens with zero attached hydrogens (tertiary/aromatic N) is 3. The standard InChI is InChI=1S/C21H20F3N5O4S/c1-3-6-33-20(32)15-9(2)16(17(25)30)34-19(15)27-18(31)12-8-14-26-11(10-4-5-10)7-13(21(22,23)24)29(14)28-12/h7-8,10H,3-6H2,1-2H3,(H2,25,30)(H,27,31). The highest BCUT2D eigenvalue weighted by Gasteiger charge is 2.37. The summed E-state index contributed by atoms with van der Waals surface area (Å²) in [6, 6.07) is 2.09. The molecule has 1 fully saturated rings. The van der Waals surface area contributed by atoms with Gasteiger partial charge >= 0.3 is 12.1 Å². The van der Waals surface area contributed by atoms with Crippen molar-refractivity contribution in [3.8, 4) is 0 Å². The molecule has 13 heteroatoms. The minimum absolute atomic E-state index is 0.0165. The minimum Gasteiger partial charge on any atom is -0.462 e. The molecule has 0 bridgehead atoms. The van der Waals surface area contributed by atoms with E-state index in [0.717, 1.165) is 36.3 Å². The third-order valence-electron chi connectivity index (χ3n) is 5.20. The van der Waals surface area contributed by atoms with Crippen molar-refractivity contribution < 1.29 is 32.3 Å². The van der Waals surface area contributed by atoms with Crippen LogP contribution in [0, 0.1) is 6.92 Å². The summed E-state index contributed by atoms with van der Waals surface area (Å²) < 4.78 is 46.6. The molecule has 2 amide bonds. The summed E-state index contributed by atoms with van der Waals surface area (Å²) in [7, 11) is 0. The molecule has 0 spiro atoms. The summed E-state index contributed by atoms with van der Waals surface area (Å²) in [5, 5.41) is 6.24. The molecule has 3 aromatic rings. The van der Waals surface area contributed by atoms with E-state index in [1.54, 1.807) is 6.92 Å². The average molecular weight is 495 g/mol. The number of hydrogen-bond donors (Lipinski definition) is 2. The van der Waals surface area contributed by atoms with Gasteiger partial charge in [0.05, 0.1) is 17.0 Å². The smallest absolute Gasteiger partial charge is 0.433 e. The molecule has 3 aromatic heterocycles. The minimum atomic E-state index is -4.71. The van der Waals surface area contributed by atoms with Crippen LogP contribution in [0.3, 0.4) is 0 Å². The predicted molar refractivity (Wildman–Crippen MR) is 116 cm³/mol. The first-order chi connectivity index (χ1) is 16.0. The number of alkyl halides is 3. The van der Waals surface area contributed by atoms with Gasteiger partial charge in [-0.25, -0.2) is 14.3 Å². The second-order valence-electron chi connectivity index (χ2n) is 7.85. The van der Waals surface area contributed by atoms with Gasteiger partial charge in [0.25, 0.3) is 11.8 Å². The van der Waals surface area contributed by atoms with Gasteiger partial charge in [-0.3, -0.25) is 9.59 Å². The molecule has 0 aliphatic heterocycles. The molecule has 0 radical (unpaired) electrons. The number of amides is 2. The number of fused-ring (bicyclic) bond motifs is 1. The number of ether oxygens (including phenoxy) is 1. The van der Waals surface area contributed by atoms with Crippen LogP contribution in [-0.2, 0) is 10.9 Å². The molecule has 0 saturated heterocycles. The van der Waals surface area contributed by atoms with E-state index >= 15 is 0 Å². The molecule has 34 heavy (non-hydrogen) atoms. The van der Waals surface area contributed by atoms with Crippen molar-refractivity contribution in [2.24, 2.45) is 5.73 Å². The maximum atomic E-state index is 13.6. The van der Waals surface area contributed by atoms with E-state index in [-0.39, 0.29) is 44.9 Å². The van der Waals surface area contributed by atoms with Gasteiger partial charge in [0.15, 0.2) is 11.3 Å². The fourth-order valence-corrected chi connectivity index (χ4v) is 4.45. The molecule has 3 heterocycles. The molecular formula is C21H20F3N5O4S. The lowest BCUT2D eigenvalue weighted by atomic mass is 10.1. The number of nitrogens with two attached hydrogens (primary N) is 1. The zero-order valence-corrected chi connectivity index (χ0v) is 19.0. The Morgan fingerprint density at radius 1 is 1.29 bits per heavy atom. The van der Waals surface area contributed by atoms with Gasteiger partial charge in [-0.2, -0.15) is 18.3 Å². The van der Waals surface area contributed by atoms with Gasteiger partial charge in [0.2, 0.25) is 0 Å². The lowest BCUT2D eigenvalue weighted by Crippen LogP contribution is -2.17. The summed E-state index contributed by atoms with van der Waals surface area (Å²) in [6.45, 7) is 3.40. The molecule has 4 rings (SSSR count). The van der Waals surface area contributed by atoms with E-state index in [1.165, 1.54) is 6.92 Å². The second kappa shape index (κ2) is 8.70. The maximum absolute atomic E-state index is 13.6. The number of thiophene rings is 1. The number of carbonyl (C=O) groups is 3. The lowest BCUT2D eigenvalue weighted by Gasteiger charge is -2.10. The van der Waals surface area contributed by atoms with Crippen LogP contribution in [0.5, 0.6) is 0 Å². The highest BCUT2D eigenvalue weighted by atomic mass is 32.1. The van der Waals surface area contributed by atoms with Crippen LogP contribution in [0.15, 0.2) is 12.1 Å². The third-order valence-corrected chi connectivity index (χ3v) is 6.43. The largest absolute Gasteiger partial charge is 0.462 e. The van der Waals surface area contributed by atoms with Crippen molar-refractivity contribution in [1.29, 1.82) is 0 Å². The van der Waals surface area contributed by atoms with E-state index in [2.05, 4.69) is 15.4 Å². The zero-order valence-electron chi connectivity index (χ0n) is 18.2. The van der Waals surface area contributed by atoms with Crippen LogP contribution < -0.4 is 11.1 Å². The number of rotatable bonds is 7. The van der Waals surface area contributed by atoms with Gasteiger partial charge in [-0.05, 0) is 37.8 Å². The number of aromatic nitrogens is 3. The normalized spacial score (nSPS) is 13.8. The summed E-state index contributed by atoms with van der Waals surface area (Å²) in [5.41, 5.74) is 4.35. The van der Waals surface area contributed by atoms with Crippen molar-refractivity contribution >= 4 is 39.8 Å². The van der Waals surface area contributed by atoms with E-state index in [4.69, 9.17) is 10.5 Å². The zero-order chi connectivity index (χ0) is 24.8.